The zero-order valence-electron chi connectivity index (χ0n) is 15.8. The number of rotatable bonds is 6. The molecule has 0 saturated carbocycles. The molecule has 0 aliphatic carbocycles. The van der Waals surface area contributed by atoms with Crippen LogP contribution in [-0.4, -0.2) is 20.6 Å². The molecule has 0 radical (unpaired) electrons. The fourth-order valence-electron chi connectivity index (χ4n) is 2.67. The number of hydrogen-bond acceptors (Lipinski definition) is 5. The Balaban J connectivity index is 1.83. The predicted molar refractivity (Wildman–Crippen MR) is 105 cm³/mol. The van der Waals surface area contributed by atoms with Gasteiger partial charge in [0.15, 0.2) is 0 Å². The number of hydrogen-bond donors (Lipinski definition) is 1. The highest BCUT2D eigenvalue weighted by molar-refractivity contribution is 5.91. The van der Waals surface area contributed by atoms with Crippen molar-refractivity contribution in [2.75, 3.05) is 5.32 Å². The van der Waals surface area contributed by atoms with Gasteiger partial charge in [-0.25, -0.2) is 0 Å². The Morgan fingerprint density at radius 1 is 1.18 bits per heavy atom. The Morgan fingerprint density at radius 3 is 2.64 bits per heavy atom. The number of non-ortho nitro benzene ring substituents is 1. The zero-order chi connectivity index (χ0) is 20.3. The Kier molecular flexibility index (Phi) is 5.39. The summed E-state index contributed by atoms with van der Waals surface area (Å²) in [7, 11) is 0. The van der Waals surface area contributed by atoms with Crippen molar-refractivity contribution in [2.45, 2.75) is 27.3 Å². The molecule has 0 bridgehead atoms. The minimum Gasteiger partial charge on any atom is -0.457 e. The number of ether oxygens (including phenoxy) is 1. The quantitative estimate of drug-likeness (QED) is 0.512. The molecular formula is C20H20N4O4. The first-order valence-electron chi connectivity index (χ1n) is 8.63. The van der Waals surface area contributed by atoms with Crippen molar-refractivity contribution >= 4 is 17.3 Å². The van der Waals surface area contributed by atoms with E-state index in [2.05, 4.69) is 10.4 Å². The molecule has 8 heteroatoms. The number of nitro benzene ring substituents is 1. The number of nitrogens with zero attached hydrogens (tertiary/aromatic N) is 3. The number of nitrogens with one attached hydrogen (secondary N) is 1. The second kappa shape index (κ2) is 7.91. The number of carbonyl (C=O) groups is 1. The molecule has 0 unspecified atom stereocenters. The van der Waals surface area contributed by atoms with Crippen molar-refractivity contribution in [1.82, 2.24) is 9.78 Å². The van der Waals surface area contributed by atoms with Crippen LogP contribution in [-0.2, 0) is 11.3 Å². The molecule has 0 aliphatic rings. The van der Waals surface area contributed by atoms with Crippen molar-refractivity contribution < 1.29 is 14.5 Å². The van der Waals surface area contributed by atoms with E-state index in [-0.39, 0.29) is 29.6 Å². The maximum Gasteiger partial charge on any atom is 0.275 e. The van der Waals surface area contributed by atoms with Crippen LogP contribution in [0, 0.1) is 30.9 Å². The van der Waals surface area contributed by atoms with Crippen LogP contribution in [0.1, 0.15) is 16.7 Å². The van der Waals surface area contributed by atoms with Crippen LogP contribution >= 0.6 is 0 Å². The van der Waals surface area contributed by atoms with E-state index in [1.54, 1.807) is 18.5 Å². The highest BCUT2D eigenvalue weighted by Gasteiger charge is 2.14. The summed E-state index contributed by atoms with van der Waals surface area (Å²) in [5, 5.41) is 18.0. The maximum atomic E-state index is 12.3. The van der Waals surface area contributed by atoms with E-state index < -0.39 is 4.92 Å². The van der Waals surface area contributed by atoms with E-state index in [0.717, 1.165) is 16.7 Å². The van der Waals surface area contributed by atoms with Crippen LogP contribution in [0.4, 0.5) is 11.4 Å². The number of nitro groups is 1. The summed E-state index contributed by atoms with van der Waals surface area (Å²) in [5.74, 6) is 0.527. The molecule has 1 N–H and O–H groups in total. The van der Waals surface area contributed by atoms with Crippen LogP contribution in [0.15, 0.2) is 48.8 Å². The van der Waals surface area contributed by atoms with Crippen LogP contribution in [0.2, 0.25) is 0 Å². The molecule has 0 saturated heterocycles. The zero-order valence-corrected chi connectivity index (χ0v) is 15.8. The van der Waals surface area contributed by atoms with Gasteiger partial charge in [-0.1, -0.05) is 12.1 Å². The van der Waals surface area contributed by atoms with E-state index >= 15 is 0 Å². The lowest BCUT2D eigenvalue weighted by Gasteiger charge is -2.12. The van der Waals surface area contributed by atoms with Gasteiger partial charge in [0.1, 0.15) is 18.0 Å². The van der Waals surface area contributed by atoms with Gasteiger partial charge in [0, 0.05) is 18.3 Å². The third-order valence-electron chi connectivity index (χ3n) is 4.03. The Hall–Kier alpha value is -3.68. The van der Waals surface area contributed by atoms with E-state index in [1.807, 2.05) is 39.0 Å². The lowest BCUT2D eigenvalue weighted by atomic mass is 10.1. The van der Waals surface area contributed by atoms with Crippen LogP contribution in [0.3, 0.4) is 0 Å². The van der Waals surface area contributed by atoms with E-state index in [1.165, 1.54) is 16.8 Å². The number of benzene rings is 2. The second-order valence-electron chi connectivity index (χ2n) is 6.61. The first-order chi connectivity index (χ1) is 13.3. The summed E-state index contributed by atoms with van der Waals surface area (Å²) in [6, 6.07) is 9.90. The smallest absolute Gasteiger partial charge is 0.275 e. The fourth-order valence-corrected chi connectivity index (χ4v) is 2.67. The number of aromatic nitrogens is 2. The van der Waals surface area contributed by atoms with Gasteiger partial charge in [-0.3, -0.25) is 19.6 Å². The van der Waals surface area contributed by atoms with Crippen molar-refractivity contribution in [3.05, 3.63) is 75.6 Å². The summed E-state index contributed by atoms with van der Waals surface area (Å²) >= 11 is 0. The third-order valence-corrected chi connectivity index (χ3v) is 4.03. The lowest BCUT2D eigenvalue weighted by Crippen LogP contribution is -2.19. The van der Waals surface area contributed by atoms with Crippen molar-refractivity contribution in [1.29, 1.82) is 0 Å². The SMILES string of the molecule is Cc1ccc(C)c(Oc2cc(NC(=O)Cn3cc(C)cn3)cc([N+](=O)[O-])c2)c1. The lowest BCUT2D eigenvalue weighted by molar-refractivity contribution is -0.384. The Morgan fingerprint density at radius 2 is 1.96 bits per heavy atom. The molecule has 3 aromatic rings. The molecule has 0 aliphatic heterocycles. The fraction of sp³-hybridized carbons (Fsp3) is 0.200. The Labute approximate surface area is 161 Å². The van der Waals surface area contributed by atoms with Gasteiger partial charge < -0.3 is 10.1 Å². The molecule has 28 heavy (non-hydrogen) atoms. The van der Waals surface area contributed by atoms with E-state index in [0.29, 0.717) is 5.75 Å². The molecule has 0 spiro atoms. The normalized spacial score (nSPS) is 10.5. The minimum atomic E-state index is -0.525. The van der Waals surface area contributed by atoms with Gasteiger partial charge in [0.05, 0.1) is 22.9 Å². The molecule has 0 atom stereocenters. The summed E-state index contributed by atoms with van der Waals surface area (Å²) in [6.45, 7) is 5.70. The molecule has 0 fully saturated rings. The van der Waals surface area contributed by atoms with Gasteiger partial charge in [-0.15, -0.1) is 0 Å². The summed E-state index contributed by atoms with van der Waals surface area (Å²) in [5.41, 5.74) is 2.95. The van der Waals surface area contributed by atoms with E-state index in [4.69, 9.17) is 4.74 Å². The molecule has 1 aromatic heterocycles. The number of aryl methyl sites for hydroxylation is 3. The molecule has 1 amide bonds. The summed E-state index contributed by atoms with van der Waals surface area (Å²) in [6.07, 6.45) is 3.39. The van der Waals surface area contributed by atoms with Crippen molar-refractivity contribution in [3.63, 3.8) is 0 Å². The van der Waals surface area contributed by atoms with Gasteiger partial charge in [0.25, 0.3) is 5.69 Å². The molecular weight excluding hydrogens is 360 g/mol. The number of anilines is 1. The minimum absolute atomic E-state index is 0.00368. The average molecular weight is 380 g/mol. The first kappa shape index (κ1) is 19.1. The standard InChI is InChI=1S/C20H20N4O4/c1-13-4-5-15(3)19(6-13)28-18-8-16(7-17(9-18)24(26)27)22-20(25)12-23-11-14(2)10-21-23/h4-11H,12H2,1-3H3,(H,22,25). The molecule has 144 valence electrons. The first-order valence-corrected chi connectivity index (χ1v) is 8.63. The number of amides is 1. The van der Waals surface area contributed by atoms with Crippen molar-refractivity contribution in [3.8, 4) is 11.5 Å². The largest absolute Gasteiger partial charge is 0.457 e. The topological polar surface area (TPSA) is 99.3 Å². The third kappa shape index (κ3) is 4.73. The van der Waals surface area contributed by atoms with Gasteiger partial charge in [0.2, 0.25) is 5.91 Å². The molecule has 8 nitrogen and oxygen atoms in total. The number of carbonyl (C=O) groups excluding carboxylic acids is 1. The summed E-state index contributed by atoms with van der Waals surface area (Å²) < 4.78 is 7.35. The molecule has 3 rings (SSSR count). The van der Waals surface area contributed by atoms with Gasteiger partial charge >= 0.3 is 0 Å². The van der Waals surface area contributed by atoms with Crippen LogP contribution in [0.5, 0.6) is 11.5 Å². The second-order valence-corrected chi connectivity index (χ2v) is 6.61. The monoisotopic (exact) mass is 380 g/mol. The van der Waals surface area contributed by atoms with Gasteiger partial charge in [-0.05, 0) is 43.5 Å². The summed E-state index contributed by atoms with van der Waals surface area (Å²) in [4.78, 5) is 23.0. The van der Waals surface area contributed by atoms with E-state index in [9.17, 15) is 14.9 Å². The molecule has 2 aromatic carbocycles. The van der Waals surface area contributed by atoms with Gasteiger partial charge in [-0.2, -0.15) is 5.10 Å². The highest BCUT2D eigenvalue weighted by atomic mass is 16.6. The van der Waals surface area contributed by atoms with Crippen LogP contribution in [0.25, 0.3) is 0 Å². The average Bonchev–Trinajstić information content (AvgIpc) is 3.02. The predicted octanol–water partition coefficient (Wildman–Crippen LogP) is 4.15. The van der Waals surface area contributed by atoms with Crippen LogP contribution < -0.4 is 10.1 Å². The molecule has 1 heterocycles. The maximum absolute atomic E-state index is 12.3. The van der Waals surface area contributed by atoms with Crippen molar-refractivity contribution in [2.24, 2.45) is 0 Å². The Bertz CT molecular complexity index is 1040. The highest BCUT2D eigenvalue weighted by Crippen LogP contribution is 2.31.